The molecule has 3 aromatic carbocycles. The number of nitrogens with one attached hydrogen (secondary N) is 1. The number of nitrogens with zero attached hydrogens (tertiary/aromatic N) is 20. The Hall–Kier alpha value is -16.6. The quantitative estimate of drug-likeness (QED) is 0.131. The number of carbonyl (C=O) groups excluding carboxylic acids is 5. The van der Waals surface area contributed by atoms with E-state index in [9.17, 15) is 50.3 Å². The number of aromatic nitrogens is 15. The number of anilines is 2. The lowest BCUT2D eigenvalue weighted by Gasteiger charge is -2.47. The molecule has 0 bridgehead atoms. The molecule has 13 aromatic rings. The third-order valence-electron chi connectivity index (χ3n) is 33.4. The van der Waals surface area contributed by atoms with Crippen LogP contribution in [0.1, 0.15) is 169 Å². The van der Waals surface area contributed by atoms with Crippen LogP contribution in [0.15, 0.2) is 242 Å². The number of benzene rings is 3. The highest BCUT2D eigenvalue weighted by molar-refractivity contribution is 6.05. The number of methoxy groups -OCH3 is 1. The van der Waals surface area contributed by atoms with E-state index in [1.54, 1.807) is 62.9 Å². The third-order valence-corrected chi connectivity index (χ3v) is 33.4. The minimum Gasteiger partial charge on any atom is -0.481 e. The molecule has 1 aliphatic heterocycles. The molecule has 0 spiro atoms. The second-order valence-corrected chi connectivity index (χ2v) is 41.4. The van der Waals surface area contributed by atoms with Gasteiger partial charge < -0.3 is 14.8 Å². The van der Waals surface area contributed by atoms with E-state index >= 15 is 0 Å². The molecule has 11 aliphatic rings. The zero-order chi connectivity index (χ0) is 103. The maximum Gasteiger partial charge on any atom is 0.240 e. The van der Waals surface area contributed by atoms with E-state index in [-0.39, 0.29) is 110 Å². The molecular weight excluding hydrogens is 1840 g/mol. The van der Waals surface area contributed by atoms with Crippen molar-refractivity contribution in [2.45, 2.75) is 186 Å². The molecule has 28 nitrogen and oxygen atoms in total. The van der Waals surface area contributed by atoms with Crippen LogP contribution >= 0.6 is 0 Å². The Morgan fingerprint density at radius 2 is 0.769 bits per heavy atom. The number of hydrogen-bond donors (Lipinski definition) is 1. The topological polar surface area (TPSA) is 431 Å². The van der Waals surface area contributed by atoms with Gasteiger partial charge in [0.05, 0.1) is 69.3 Å². The predicted octanol–water partition coefficient (Wildman–Crippen LogP) is 19.5. The largest absolute Gasteiger partial charge is 0.481 e. The number of ether oxygens (including phenoxy) is 2. The van der Waals surface area contributed by atoms with Gasteiger partial charge in [0.15, 0.2) is 52.2 Å². The first-order chi connectivity index (χ1) is 70.9. The minimum atomic E-state index is -1.34. The smallest absolute Gasteiger partial charge is 0.240 e. The highest BCUT2D eigenvalue weighted by Crippen LogP contribution is 2.64. The number of allylic oxidation sites excluding steroid dienone is 8. The molecular formula is C119H107N21O7. The maximum atomic E-state index is 13.0. The number of aryl methyl sites for hydroxylation is 2. The Labute approximate surface area is 852 Å². The lowest BCUT2D eigenvalue weighted by atomic mass is 9.54. The van der Waals surface area contributed by atoms with Gasteiger partial charge in [-0.3, -0.25) is 48.9 Å². The number of carbonyl (C=O) groups is 5. The SMILES string of the molecule is COc1nc(-c2cncc3ccccc23)nc2c1CC[C@@H]1[C@@H](C)C(=O)C(C#N)=C[C@@]21C.C[C@H]1C(=O)C(C#N)=C[C@@]2(C)c3nc(-c4ccncc4)nc(-c4ccccc4)c3CC[C@H]12.C[C@H]1C(=O)[C@@]2(C#N)O[C@H]2[C@@]2(C)c3nc(-c4ccncc4)nc(-c4ccccc4)c3CC[C@H]12.Cc1nc(-c2cccnc2)nc2c1CC[C@@H]1[C@@H](C)C(=O)C(C#N)=C[C@@]21C.Cc1nc(Nc2ccncc2)nc2c1CC[C@@H]1[C@@H](C)C(=O)C(C#N)=C[C@@]21C. The van der Waals surface area contributed by atoms with Gasteiger partial charge in [0, 0.05) is 191 Å². The highest BCUT2D eigenvalue weighted by atomic mass is 16.6. The molecule has 147 heavy (non-hydrogen) atoms. The van der Waals surface area contributed by atoms with Crippen molar-refractivity contribution in [1.29, 1.82) is 26.3 Å². The molecule has 24 rings (SSSR count). The van der Waals surface area contributed by atoms with Crippen LogP contribution in [-0.4, -0.2) is 122 Å². The average Bonchev–Trinajstić information content (AvgIpc) is 1.50. The van der Waals surface area contributed by atoms with Gasteiger partial charge in [-0.1, -0.05) is 178 Å². The highest BCUT2D eigenvalue weighted by Gasteiger charge is 2.78. The summed E-state index contributed by atoms with van der Waals surface area (Å²) in [6.45, 7) is 24.2. The fourth-order valence-corrected chi connectivity index (χ4v) is 25.7. The van der Waals surface area contributed by atoms with Crippen molar-refractivity contribution in [3.05, 3.63) is 310 Å². The van der Waals surface area contributed by atoms with Gasteiger partial charge in [-0.05, 0) is 173 Å². The number of fused-ring (bicyclic) bond motifs is 18. The molecule has 1 saturated heterocycles. The van der Waals surface area contributed by atoms with E-state index < -0.39 is 38.8 Å². The summed E-state index contributed by atoms with van der Waals surface area (Å²) in [5.74, 6) is 2.68. The van der Waals surface area contributed by atoms with Crippen molar-refractivity contribution in [3.8, 4) is 104 Å². The summed E-state index contributed by atoms with van der Waals surface area (Å²) < 4.78 is 11.6. The number of Topliss-reactive ketones (excluding diaryl/α,β-unsaturated/α-hetero) is 5. The fourth-order valence-electron chi connectivity index (χ4n) is 25.7. The first-order valence-corrected chi connectivity index (χ1v) is 50.1. The van der Waals surface area contributed by atoms with Crippen LogP contribution in [0.25, 0.3) is 78.8 Å². The Morgan fingerprint density at radius 1 is 0.367 bits per heavy atom. The normalized spacial score (nSPS) is 27.1. The lowest BCUT2D eigenvalue weighted by Crippen LogP contribution is -2.56. The summed E-state index contributed by atoms with van der Waals surface area (Å²) in [6.07, 6.45) is 32.7. The number of nitriles is 5. The van der Waals surface area contributed by atoms with Crippen molar-refractivity contribution >= 4 is 51.3 Å². The standard InChI is InChI=1S/C26H22N4O2.C26H22N4O.C25H22N4O2.C21H21N5O.C21H20N4O/c1-15-19-9-8-18-20(16-6-4-3-5-7-16)29-23(17-10-12-28-13-11-17)30-21(18)25(19,2)24-26(14-27,32-24)22(15)31;1-16-21-9-8-20-22(17-6-4-3-5-7-17)29-25(18-10-12-28-13-11-18)30-24(20)26(21,2)14-19(15-27)23(16)31;1-14-20-9-8-18-22(25(20,2)10-16(11-26)21(14)30)28-23(29-24(18)31-3)19-13-27-12-15-6-4-5-7-17(15)19;1-12-17-5-4-16-13(2)24-20(25-15-6-8-23-9-7-15)26-19(16)21(17,3)10-14(11-22)18(12)27;1-12-17-7-6-16-13(2)24-20(14-5-4-8-23-11-14)25-19(16)21(17,3)9-15(10-22)18(12)26/h3-7,10-13,15,19,24H,8-9H2,1-2H3;3-7,10-14,16,21H,8-9H2,1-2H3;4-7,10,12-14,20H,8-9H2,1-3H3;6-10,12,17H,4-5H2,1-3H3,(H,23,24,25,26);4-5,8-9,11-12,17H,6-7H2,1-3H3/t15-,19-,24+,25-,26-;16-,21-,26-;14-,20-,25-;2*12-,17-,21-/m11111/s1. The molecule has 0 amide bonds. The summed E-state index contributed by atoms with van der Waals surface area (Å²) in [7, 11) is 1.62. The molecule has 0 radical (unpaired) electrons. The van der Waals surface area contributed by atoms with E-state index in [0.29, 0.717) is 35.1 Å². The Kier molecular flexibility index (Phi) is 25.6. The van der Waals surface area contributed by atoms with Crippen LogP contribution in [0.4, 0.5) is 11.6 Å². The first-order valence-electron chi connectivity index (χ1n) is 50.1. The third kappa shape index (κ3) is 16.6. The van der Waals surface area contributed by atoms with Crippen molar-refractivity contribution < 1.29 is 33.4 Å². The number of hydrogen-bond acceptors (Lipinski definition) is 28. The Bertz CT molecular complexity index is 7940. The van der Waals surface area contributed by atoms with Gasteiger partial charge in [0.25, 0.3) is 0 Å². The average molecular weight is 1940 g/mol. The second kappa shape index (κ2) is 38.5. The van der Waals surface area contributed by atoms with Crippen molar-refractivity contribution in [2.75, 3.05) is 12.4 Å². The summed E-state index contributed by atoms with van der Waals surface area (Å²) in [5.41, 5.74) is 17.3. The monoisotopic (exact) mass is 1940 g/mol. The van der Waals surface area contributed by atoms with Crippen LogP contribution in [0.5, 0.6) is 5.88 Å². The molecule has 11 heterocycles. The van der Waals surface area contributed by atoms with Gasteiger partial charge in [-0.2, -0.15) is 31.3 Å². The van der Waals surface area contributed by atoms with Crippen molar-refractivity contribution in [1.82, 2.24) is 74.8 Å². The molecule has 2 fully saturated rings. The number of rotatable bonds is 9. The summed E-state index contributed by atoms with van der Waals surface area (Å²) in [4.78, 5) is 133. The second-order valence-electron chi connectivity index (χ2n) is 41.4. The van der Waals surface area contributed by atoms with E-state index in [0.717, 1.165) is 193 Å². The fraction of sp³-hybridized carbons (Fsp3) is 0.336. The number of ketones is 5. The van der Waals surface area contributed by atoms with Gasteiger partial charge in [0.1, 0.15) is 36.5 Å². The van der Waals surface area contributed by atoms with Gasteiger partial charge in [-0.15, -0.1) is 0 Å². The van der Waals surface area contributed by atoms with E-state index in [1.807, 2.05) is 188 Å². The Balaban J connectivity index is 0.000000112. The summed E-state index contributed by atoms with van der Waals surface area (Å²) in [5, 5.41) is 53.2. The zero-order valence-electron chi connectivity index (χ0n) is 84.0. The predicted molar refractivity (Wildman–Crippen MR) is 550 cm³/mol. The van der Waals surface area contributed by atoms with Crippen LogP contribution in [0.2, 0.25) is 0 Å². The molecule has 730 valence electrons. The Morgan fingerprint density at radius 3 is 1.24 bits per heavy atom. The van der Waals surface area contributed by atoms with Crippen LogP contribution in [0.3, 0.4) is 0 Å². The van der Waals surface area contributed by atoms with Gasteiger partial charge in [0.2, 0.25) is 17.4 Å². The van der Waals surface area contributed by atoms with Crippen molar-refractivity contribution in [3.63, 3.8) is 0 Å². The molecule has 0 unspecified atom stereocenters. The van der Waals surface area contributed by atoms with Gasteiger partial charge >= 0.3 is 0 Å². The number of epoxide rings is 1. The molecule has 28 heteroatoms. The summed E-state index contributed by atoms with van der Waals surface area (Å²) in [6, 6.07) is 54.0. The van der Waals surface area contributed by atoms with Crippen LogP contribution < -0.4 is 10.1 Å². The molecule has 17 atom stereocenters. The van der Waals surface area contributed by atoms with Crippen LogP contribution in [-0.2, 0) is 87.9 Å². The molecule has 10 aliphatic carbocycles. The molecule has 1 saturated carbocycles. The van der Waals surface area contributed by atoms with E-state index in [4.69, 9.17) is 54.3 Å². The van der Waals surface area contributed by atoms with E-state index in [2.05, 4.69) is 124 Å². The molecule has 1 N–H and O–H groups in total. The van der Waals surface area contributed by atoms with E-state index in [1.165, 1.54) is 0 Å². The number of pyridine rings is 5. The van der Waals surface area contributed by atoms with Gasteiger partial charge in [-0.25, -0.2) is 44.9 Å². The lowest BCUT2D eigenvalue weighted by molar-refractivity contribution is -0.130. The minimum absolute atomic E-state index is 0.0447. The zero-order valence-corrected chi connectivity index (χ0v) is 84.0. The van der Waals surface area contributed by atoms with Crippen LogP contribution in [0, 0.1) is 130 Å². The molecule has 10 aromatic heterocycles. The van der Waals surface area contributed by atoms with Crippen molar-refractivity contribution in [2.24, 2.45) is 59.2 Å². The first kappa shape index (κ1) is 97.8. The summed E-state index contributed by atoms with van der Waals surface area (Å²) >= 11 is 0. The maximum absolute atomic E-state index is 13.0.